The van der Waals surface area contributed by atoms with Gasteiger partial charge in [0, 0.05) is 0 Å². The van der Waals surface area contributed by atoms with E-state index in [1.54, 1.807) is 6.92 Å². The number of aliphatic carboxylic acids is 1. The molecule has 2 atom stereocenters. The van der Waals surface area contributed by atoms with Crippen LogP contribution in [0.4, 0.5) is 0 Å². The molecule has 4 rings (SSSR count). The first-order valence-electron chi connectivity index (χ1n) is 9.85. The molecule has 1 aliphatic heterocycles. The topological polar surface area (TPSA) is 46.5 Å². The first-order valence-corrected chi connectivity index (χ1v) is 13.0. The standard InChI is InChI=1S/C25H24BrO3P/c1-18(19(2)25(27)28)23-24(26)30(29-23,20-12-6-3-7-13-20,21-14-8-4-9-15-21)22-16-10-5-11-17-22/h3-17,23-24H,1-2H3,(H,27,28)/b19-18-/t23-,24+/m0/s1. The van der Waals surface area contributed by atoms with Crippen LogP contribution in [0.1, 0.15) is 13.8 Å². The van der Waals surface area contributed by atoms with Crippen molar-refractivity contribution in [3.63, 3.8) is 0 Å². The van der Waals surface area contributed by atoms with Crippen LogP contribution in [0.3, 0.4) is 0 Å². The van der Waals surface area contributed by atoms with Crippen LogP contribution in [0.25, 0.3) is 0 Å². The van der Waals surface area contributed by atoms with Crippen molar-refractivity contribution in [2.24, 2.45) is 0 Å². The van der Waals surface area contributed by atoms with E-state index < -0.39 is 12.8 Å². The molecule has 0 bridgehead atoms. The van der Waals surface area contributed by atoms with E-state index in [0.29, 0.717) is 5.57 Å². The monoisotopic (exact) mass is 482 g/mol. The van der Waals surface area contributed by atoms with E-state index in [4.69, 9.17) is 4.52 Å². The summed E-state index contributed by atoms with van der Waals surface area (Å²) in [6.45, 7) is 0.138. The van der Waals surface area contributed by atoms with Crippen LogP contribution >= 0.6 is 22.8 Å². The zero-order chi connectivity index (χ0) is 21.4. The van der Waals surface area contributed by atoms with Crippen LogP contribution in [0.15, 0.2) is 102 Å². The van der Waals surface area contributed by atoms with Crippen LogP contribution in [-0.4, -0.2) is 21.7 Å². The number of rotatable bonds is 5. The van der Waals surface area contributed by atoms with Gasteiger partial charge in [0.15, 0.2) is 0 Å². The molecule has 0 spiro atoms. The van der Waals surface area contributed by atoms with Gasteiger partial charge >= 0.3 is 186 Å². The van der Waals surface area contributed by atoms with Gasteiger partial charge in [-0.3, -0.25) is 0 Å². The zero-order valence-corrected chi connectivity index (χ0v) is 19.4. The third kappa shape index (κ3) is 2.75. The van der Waals surface area contributed by atoms with Crippen LogP contribution in [0, 0.1) is 0 Å². The van der Waals surface area contributed by atoms with Crippen molar-refractivity contribution in [1.82, 2.24) is 0 Å². The number of carboxylic acids is 1. The van der Waals surface area contributed by atoms with Gasteiger partial charge in [0.2, 0.25) is 0 Å². The zero-order valence-electron chi connectivity index (χ0n) is 16.9. The fourth-order valence-electron chi connectivity index (χ4n) is 4.44. The van der Waals surface area contributed by atoms with E-state index in [-0.39, 0.29) is 10.7 Å². The average molecular weight is 483 g/mol. The van der Waals surface area contributed by atoms with Gasteiger partial charge in [0.05, 0.1) is 0 Å². The van der Waals surface area contributed by atoms with E-state index >= 15 is 0 Å². The van der Waals surface area contributed by atoms with E-state index in [9.17, 15) is 9.90 Å². The van der Waals surface area contributed by atoms with Crippen LogP contribution < -0.4 is 15.9 Å². The van der Waals surface area contributed by atoms with Gasteiger partial charge in [-0.25, -0.2) is 0 Å². The van der Waals surface area contributed by atoms with Crippen molar-refractivity contribution in [2.45, 2.75) is 24.5 Å². The molecule has 3 nitrogen and oxygen atoms in total. The van der Waals surface area contributed by atoms with Gasteiger partial charge in [-0.15, -0.1) is 0 Å². The SMILES string of the molecule is C/C(C(=O)O)=C(\C)[C@@H]1OP(c2ccccc2)(c2ccccc2)(c2ccccc2)[C@H]1Br. The van der Waals surface area contributed by atoms with Gasteiger partial charge in [-0.1, -0.05) is 0 Å². The molecule has 1 N–H and O–H groups in total. The van der Waals surface area contributed by atoms with Gasteiger partial charge in [-0.05, 0) is 0 Å². The van der Waals surface area contributed by atoms with Crippen molar-refractivity contribution in [3.05, 3.63) is 102 Å². The number of carbonyl (C=O) groups is 1. The Labute approximate surface area is 185 Å². The van der Waals surface area contributed by atoms with Gasteiger partial charge in [0.1, 0.15) is 0 Å². The van der Waals surface area contributed by atoms with Crippen molar-refractivity contribution in [1.29, 1.82) is 0 Å². The molecular weight excluding hydrogens is 459 g/mol. The second-order valence-electron chi connectivity index (χ2n) is 7.62. The van der Waals surface area contributed by atoms with Crippen LogP contribution in [0.2, 0.25) is 0 Å². The Balaban J connectivity index is 2.06. The van der Waals surface area contributed by atoms with Crippen molar-refractivity contribution >= 4 is 44.6 Å². The third-order valence-corrected chi connectivity index (χ3v) is 14.9. The fraction of sp³-hybridized carbons (Fsp3) is 0.160. The van der Waals surface area contributed by atoms with Gasteiger partial charge in [0.25, 0.3) is 0 Å². The molecule has 0 saturated carbocycles. The number of hydrogen-bond donors (Lipinski definition) is 1. The van der Waals surface area contributed by atoms with Crippen LogP contribution in [0.5, 0.6) is 0 Å². The number of carboxylic acid groups (broad SMARTS) is 1. The molecular formula is C25H24BrO3P. The van der Waals surface area contributed by atoms with E-state index in [2.05, 4.69) is 52.3 Å². The third-order valence-electron chi connectivity index (χ3n) is 6.20. The molecule has 0 aliphatic carbocycles. The Morgan fingerprint density at radius 2 is 1.17 bits per heavy atom. The van der Waals surface area contributed by atoms with E-state index in [0.717, 1.165) is 21.5 Å². The van der Waals surface area contributed by atoms with E-state index in [1.165, 1.54) is 0 Å². The summed E-state index contributed by atoms with van der Waals surface area (Å²) in [5, 5.41) is 12.9. The second kappa shape index (κ2) is 7.77. The van der Waals surface area contributed by atoms with Crippen molar-refractivity contribution < 1.29 is 14.4 Å². The predicted molar refractivity (Wildman–Crippen MR) is 129 cm³/mol. The predicted octanol–water partition coefficient (Wildman–Crippen LogP) is 4.97. The number of halogens is 1. The molecule has 30 heavy (non-hydrogen) atoms. The minimum absolute atomic E-state index is 0.0926. The first-order chi connectivity index (χ1) is 14.4. The van der Waals surface area contributed by atoms with Crippen molar-refractivity contribution in [2.75, 3.05) is 0 Å². The summed E-state index contributed by atoms with van der Waals surface area (Å²) in [4.78, 5) is 11.6. The Morgan fingerprint density at radius 3 is 1.47 bits per heavy atom. The molecule has 3 aromatic rings. The Bertz CT molecular complexity index is 998. The molecule has 154 valence electrons. The molecule has 1 aliphatic rings. The number of hydrogen-bond acceptors (Lipinski definition) is 2. The summed E-state index contributed by atoms with van der Waals surface area (Å²) in [5.41, 5.74) is 1.07. The number of benzene rings is 3. The average Bonchev–Trinajstić information content (AvgIpc) is 2.80. The molecule has 1 heterocycles. The molecule has 1 fully saturated rings. The fourth-order valence-corrected chi connectivity index (χ4v) is 13.4. The first kappa shape index (κ1) is 21.0. The maximum atomic E-state index is 11.6. The maximum absolute atomic E-state index is 11.6. The Kier molecular flexibility index (Phi) is 5.44. The summed E-state index contributed by atoms with van der Waals surface area (Å²) in [6, 6.07) is 31.0. The van der Waals surface area contributed by atoms with Gasteiger partial charge in [-0.2, -0.15) is 0 Å². The second-order valence-corrected chi connectivity index (χ2v) is 13.8. The normalized spacial score (nSPS) is 23.9. The molecule has 0 amide bonds. The molecule has 3 aromatic carbocycles. The molecule has 1 saturated heterocycles. The summed E-state index contributed by atoms with van der Waals surface area (Å²) < 4.78 is 6.99. The molecule has 0 unspecified atom stereocenters. The van der Waals surface area contributed by atoms with Gasteiger partial charge < -0.3 is 0 Å². The summed E-state index contributed by atoms with van der Waals surface area (Å²) in [6.07, 6.45) is -0.334. The quantitative estimate of drug-likeness (QED) is 0.317. The summed E-state index contributed by atoms with van der Waals surface area (Å²) in [5.74, 6) is -0.915. The van der Waals surface area contributed by atoms with Crippen molar-refractivity contribution in [3.8, 4) is 0 Å². The number of alkyl halides is 1. The molecule has 0 radical (unpaired) electrons. The molecule has 5 heteroatoms. The summed E-state index contributed by atoms with van der Waals surface area (Å²) >= 11 is 4.04. The Hall–Kier alpha value is -2.26. The minimum atomic E-state index is -3.36. The van der Waals surface area contributed by atoms with E-state index in [1.807, 2.05) is 61.5 Å². The Morgan fingerprint density at radius 1 is 0.800 bits per heavy atom. The molecule has 0 aromatic heterocycles. The summed E-state index contributed by atoms with van der Waals surface area (Å²) in [7, 11) is 0. The van der Waals surface area contributed by atoms with Crippen LogP contribution in [-0.2, 0) is 9.32 Å².